The molecule has 1 saturated carbocycles. The molecule has 1 aromatic rings. The van der Waals surface area contributed by atoms with Crippen molar-refractivity contribution in [3.63, 3.8) is 0 Å². The summed E-state index contributed by atoms with van der Waals surface area (Å²) < 4.78 is 0. The highest BCUT2D eigenvalue weighted by Gasteiger charge is 2.39. The summed E-state index contributed by atoms with van der Waals surface area (Å²) in [5.41, 5.74) is 1.54. The largest absolute Gasteiger partial charge is 0.313 e. The minimum atomic E-state index is 0.781. The van der Waals surface area contributed by atoms with Crippen molar-refractivity contribution in [1.29, 1.82) is 0 Å². The van der Waals surface area contributed by atoms with Crippen molar-refractivity contribution in [2.75, 3.05) is 6.54 Å². The second-order valence-electron chi connectivity index (χ2n) is 4.63. The molecule has 0 radical (unpaired) electrons. The highest BCUT2D eigenvalue weighted by molar-refractivity contribution is 5.23. The molecule has 3 atom stereocenters. The van der Waals surface area contributed by atoms with E-state index in [-0.39, 0.29) is 0 Å². The average Bonchev–Trinajstić information content (AvgIpc) is 2.79. The third-order valence-electron chi connectivity index (χ3n) is 3.91. The van der Waals surface area contributed by atoms with Gasteiger partial charge in [0, 0.05) is 18.5 Å². The first-order valence-electron chi connectivity index (χ1n) is 5.73. The molecule has 1 heteroatoms. The van der Waals surface area contributed by atoms with Crippen LogP contribution in [0.3, 0.4) is 0 Å². The van der Waals surface area contributed by atoms with Gasteiger partial charge in [-0.3, -0.25) is 0 Å². The lowest BCUT2D eigenvalue weighted by molar-refractivity contribution is 0.479. The van der Waals surface area contributed by atoms with Gasteiger partial charge < -0.3 is 5.32 Å². The first-order valence-corrected chi connectivity index (χ1v) is 5.73. The summed E-state index contributed by atoms with van der Waals surface area (Å²) in [5, 5.41) is 3.67. The second-order valence-corrected chi connectivity index (χ2v) is 4.63. The van der Waals surface area contributed by atoms with Crippen LogP contribution in [0.25, 0.3) is 0 Å². The van der Waals surface area contributed by atoms with Crippen molar-refractivity contribution in [3.8, 4) is 0 Å². The van der Waals surface area contributed by atoms with Gasteiger partial charge in [-0.2, -0.15) is 0 Å². The highest BCUT2D eigenvalue weighted by atomic mass is 15.0. The molecule has 0 amide bonds. The maximum Gasteiger partial charge on any atom is 0.0102 e. The lowest BCUT2D eigenvalue weighted by atomic mass is 9.87. The molecular weight excluding hydrogens is 170 g/mol. The first kappa shape index (κ1) is 8.49. The summed E-state index contributed by atoms with van der Waals surface area (Å²) in [5.74, 6) is 1.70. The van der Waals surface area contributed by atoms with Crippen molar-refractivity contribution in [3.05, 3.63) is 35.9 Å². The lowest BCUT2D eigenvalue weighted by Gasteiger charge is -2.17. The summed E-state index contributed by atoms with van der Waals surface area (Å²) in [7, 11) is 0. The van der Waals surface area contributed by atoms with Crippen LogP contribution in [-0.2, 0) is 0 Å². The summed E-state index contributed by atoms with van der Waals surface area (Å²) in [6, 6.07) is 11.8. The fraction of sp³-hybridized carbons (Fsp3) is 0.538. The van der Waals surface area contributed by atoms with Crippen LogP contribution in [0.1, 0.15) is 30.7 Å². The molecule has 14 heavy (non-hydrogen) atoms. The van der Waals surface area contributed by atoms with Crippen LogP contribution >= 0.6 is 0 Å². The maximum absolute atomic E-state index is 3.67. The van der Waals surface area contributed by atoms with Crippen molar-refractivity contribution in [1.82, 2.24) is 5.32 Å². The van der Waals surface area contributed by atoms with E-state index in [2.05, 4.69) is 35.6 Å². The predicted molar refractivity (Wildman–Crippen MR) is 58.3 cm³/mol. The SMILES string of the molecule is c1ccc([C@@H]2CN[C@H]3CCC[C@H]32)cc1. The van der Waals surface area contributed by atoms with Gasteiger partial charge in [0.1, 0.15) is 0 Å². The molecule has 1 aromatic carbocycles. The molecule has 1 N–H and O–H groups in total. The van der Waals surface area contributed by atoms with Gasteiger partial charge in [0.2, 0.25) is 0 Å². The van der Waals surface area contributed by atoms with Gasteiger partial charge in [0.15, 0.2) is 0 Å². The normalized spacial score (nSPS) is 35.9. The Kier molecular flexibility index (Phi) is 2.06. The van der Waals surface area contributed by atoms with Crippen LogP contribution in [0.4, 0.5) is 0 Å². The van der Waals surface area contributed by atoms with E-state index in [0.29, 0.717) is 0 Å². The van der Waals surface area contributed by atoms with E-state index < -0.39 is 0 Å². The molecule has 1 saturated heterocycles. The summed E-state index contributed by atoms with van der Waals surface area (Å²) >= 11 is 0. The molecule has 74 valence electrons. The zero-order valence-corrected chi connectivity index (χ0v) is 8.45. The molecule has 0 aromatic heterocycles. The Balaban J connectivity index is 1.86. The van der Waals surface area contributed by atoms with Crippen LogP contribution in [0.2, 0.25) is 0 Å². The van der Waals surface area contributed by atoms with E-state index in [9.17, 15) is 0 Å². The van der Waals surface area contributed by atoms with Crippen molar-refractivity contribution < 1.29 is 0 Å². The minimum Gasteiger partial charge on any atom is -0.313 e. The van der Waals surface area contributed by atoms with Crippen LogP contribution < -0.4 is 5.32 Å². The number of benzene rings is 1. The zero-order valence-electron chi connectivity index (χ0n) is 8.45. The number of nitrogens with one attached hydrogen (secondary N) is 1. The van der Waals surface area contributed by atoms with E-state index in [1.807, 2.05) is 0 Å². The fourth-order valence-corrected chi connectivity index (χ4v) is 3.22. The van der Waals surface area contributed by atoms with E-state index in [4.69, 9.17) is 0 Å². The molecule has 2 aliphatic rings. The fourth-order valence-electron chi connectivity index (χ4n) is 3.22. The molecule has 3 rings (SSSR count). The van der Waals surface area contributed by atoms with Gasteiger partial charge in [0.05, 0.1) is 0 Å². The van der Waals surface area contributed by atoms with E-state index in [1.165, 1.54) is 31.4 Å². The number of rotatable bonds is 1. The average molecular weight is 187 g/mol. The van der Waals surface area contributed by atoms with Gasteiger partial charge in [0.25, 0.3) is 0 Å². The Hall–Kier alpha value is -0.820. The first-order chi connectivity index (χ1) is 6.95. The zero-order chi connectivity index (χ0) is 9.38. The Morgan fingerprint density at radius 3 is 2.79 bits per heavy atom. The quantitative estimate of drug-likeness (QED) is 0.712. The minimum absolute atomic E-state index is 0.781. The Morgan fingerprint density at radius 2 is 1.93 bits per heavy atom. The Bertz CT molecular complexity index is 306. The number of hydrogen-bond donors (Lipinski definition) is 1. The van der Waals surface area contributed by atoms with Crippen LogP contribution in [0.5, 0.6) is 0 Å². The van der Waals surface area contributed by atoms with Gasteiger partial charge in [-0.15, -0.1) is 0 Å². The van der Waals surface area contributed by atoms with E-state index in [1.54, 1.807) is 0 Å². The lowest BCUT2D eigenvalue weighted by Crippen LogP contribution is -2.21. The third kappa shape index (κ3) is 1.27. The molecule has 0 unspecified atom stereocenters. The van der Waals surface area contributed by atoms with Gasteiger partial charge in [-0.05, 0) is 24.3 Å². The van der Waals surface area contributed by atoms with Crippen molar-refractivity contribution >= 4 is 0 Å². The van der Waals surface area contributed by atoms with Crippen molar-refractivity contribution in [2.24, 2.45) is 5.92 Å². The molecule has 0 spiro atoms. The van der Waals surface area contributed by atoms with Crippen LogP contribution in [0, 0.1) is 5.92 Å². The Labute approximate surface area is 85.5 Å². The molecule has 1 heterocycles. The molecule has 2 fully saturated rings. The third-order valence-corrected chi connectivity index (χ3v) is 3.91. The highest BCUT2D eigenvalue weighted by Crippen LogP contribution is 2.41. The van der Waals surface area contributed by atoms with Crippen molar-refractivity contribution in [2.45, 2.75) is 31.2 Å². The molecule has 1 aliphatic heterocycles. The van der Waals surface area contributed by atoms with Crippen LogP contribution in [-0.4, -0.2) is 12.6 Å². The smallest absolute Gasteiger partial charge is 0.0102 e. The van der Waals surface area contributed by atoms with Crippen LogP contribution in [0.15, 0.2) is 30.3 Å². The standard InChI is InChI=1S/C13H17N/c1-2-5-10(6-3-1)12-9-14-13-8-4-7-11(12)13/h1-3,5-6,11-14H,4,7-9H2/t11-,12-,13-/m0/s1. The summed E-state index contributed by atoms with van der Waals surface area (Å²) in [4.78, 5) is 0. The number of hydrogen-bond acceptors (Lipinski definition) is 1. The summed E-state index contributed by atoms with van der Waals surface area (Å²) in [6.07, 6.45) is 4.25. The molecule has 0 bridgehead atoms. The Morgan fingerprint density at radius 1 is 1.07 bits per heavy atom. The second kappa shape index (κ2) is 3.39. The van der Waals surface area contributed by atoms with E-state index >= 15 is 0 Å². The number of fused-ring (bicyclic) bond motifs is 1. The molecule has 1 nitrogen and oxygen atoms in total. The van der Waals surface area contributed by atoms with Gasteiger partial charge >= 0.3 is 0 Å². The van der Waals surface area contributed by atoms with Gasteiger partial charge in [-0.1, -0.05) is 36.8 Å². The monoisotopic (exact) mass is 187 g/mol. The van der Waals surface area contributed by atoms with E-state index in [0.717, 1.165) is 17.9 Å². The predicted octanol–water partition coefficient (Wildman–Crippen LogP) is 2.54. The maximum atomic E-state index is 3.67. The summed E-state index contributed by atoms with van der Waals surface area (Å²) in [6.45, 7) is 1.19. The topological polar surface area (TPSA) is 12.0 Å². The molecule has 1 aliphatic carbocycles. The van der Waals surface area contributed by atoms with Gasteiger partial charge in [-0.25, -0.2) is 0 Å². The molecular formula is C13H17N.